The third-order valence-corrected chi connectivity index (χ3v) is 4.18. The highest BCUT2D eigenvalue weighted by molar-refractivity contribution is 6.34. The van der Waals surface area contributed by atoms with Gasteiger partial charge in [0.2, 0.25) is 5.91 Å². The van der Waals surface area contributed by atoms with Crippen LogP contribution >= 0.6 is 11.6 Å². The predicted octanol–water partition coefficient (Wildman–Crippen LogP) is 2.75. The lowest BCUT2D eigenvalue weighted by Gasteiger charge is -2.38. The van der Waals surface area contributed by atoms with Crippen molar-refractivity contribution in [3.63, 3.8) is 0 Å². The van der Waals surface area contributed by atoms with Crippen LogP contribution in [0.2, 0.25) is 5.02 Å². The summed E-state index contributed by atoms with van der Waals surface area (Å²) in [6.07, 6.45) is 2.02. The Kier molecular flexibility index (Phi) is 4.54. The van der Waals surface area contributed by atoms with Crippen LogP contribution in [0, 0.1) is 5.41 Å². The van der Waals surface area contributed by atoms with E-state index in [1.165, 1.54) is 18.2 Å². The zero-order chi connectivity index (χ0) is 15.6. The van der Waals surface area contributed by atoms with Gasteiger partial charge in [-0.3, -0.25) is 4.79 Å². The number of benzene rings is 1. The summed E-state index contributed by atoms with van der Waals surface area (Å²) in [6, 6.07) is 3.98. The minimum absolute atomic E-state index is 0.0918. The Hall–Kier alpha value is -1.59. The van der Waals surface area contributed by atoms with Crippen LogP contribution in [0.4, 0.5) is 5.69 Å². The van der Waals surface area contributed by atoms with E-state index in [1.807, 2.05) is 0 Å². The smallest absolute Gasteiger partial charge is 0.335 e. The number of anilines is 1. The van der Waals surface area contributed by atoms with Crippen molar-refractivity contribution in [3.8, 4) is 0 Å². The summed E-state index contributed by atoms with van der Waals surface area (Å²) in [4.78, 5) is 23.3. The Morgan fingerprint density at radius 1 is 1.43 bits per heavy atom. The van der Waals surface area contributed by atoms with Gasteiger partial charge in [-0.15, -0.1) is 0 Å². The second kappa shape index (κ2) is 6.03. The molecule has 1 aliphatic heterocycles. The molecule has 1 aromatic carbocycles. The number of nitrogens with one attached hydrogen (secondary N) is 2. The van der Waals surface area contributed by atoms with E-state index >= 15 is 0 Å². The van der Waals surface area contributed by atoms with Crippen LogP contribution in [-0.2, 0) is 4.79 Å². The number of halogens is 1. The van der Waals surface area contributed by atoms with Crippen LogP contribution in [-0.4, -0.2) is 29.6 Å². The Morgan fingerprint density at radius 2 is 2.14 bits per heavy atom. The van der Waals surface area contributed by atoms with Crippen molar-refractivity contribution in [3.05, 3.63) is 28.8 Å². The summed E-state index contributed by atoms with van der Waals surface area (Å²) in [7, 11) is 0. The number of hydrogen-bond donors (Lipinski definition) is 3. The molecule has 2 rings (SSSR count). The van der Waals surface area contributed by atoms with Crippen molar-refractivity contribution in [1.29, 1.82) is 0 Å². The standard InChI is InChI=1S/C15H19ClN2O3/c1-15(2)6-3-7-17-12(15)13(19)18-11-5-4-9(14(20)21)8-10(11)16/h4-5,8,12,17H,3,6-7H2,1-2H3,(H,18,19)(H,20,21). The molecule has 0 bridgehead atoms. The fourth-order valence-corrected chi connectivity index (χ4v) is 2.84. The van der Waals surface area contributed by atoms with Crippen LogP contribution in [0.5, 0.6) is 0 Å². The van der Waals surface area contributed by atoms with Crippen molar-refractivity contribution in [2.75, 3.05) is 11.9 Å². The Morgan fingerprint density at radius 3 is 2.71 bits per heavy atom. The van der Waals surface area contributed by atoms with E-state index in [1.54, 1.807) is 0 Å². The third kappa shape index (κ3) is 3.54. The number of carboxylic acid groups (broad SMARTS) is 1. The number of carboxylic acids is 1. The number of aromatic carboxylic acids is 1. The maximum Gasteiger partial charge on any atom is 0.335 e. The molecule has 0 radical (unpaired) electrons. The van der Waals surface area contributed by atoms with Crippen LogP contribution < -0.4 is 10.6 Å². The van der Waals surface area contributed by atoms with E-state index in [4.69, 9.17) is 16.7 Å². The quantitative estimate of drug-likeness (QED) is 0.802. The molecular weight excluding hydrogens is 292 g/mol. The number of carbonyl (C=O) groups excluding carboxylic acids is 1. The van der Waals surface area contributed by atoms with Crippen molar-refractivity contribution in [2.45, 2.75) is 32.7 Å². The zero-order valence-corrected chi connectivity index (χ0v) is 12.8. The molecule has 5 nitrogen and oxygen atoms in total. The molecule has 1 fully saturated rings. The van der Waals surface area contributed by atoms with E-state index in [-0.39, 0.29) is 28.0 Å². The fourth-order valence-electron chi connectivity index (χ4n) is 2.61. The van der Waals surface area contributed by atoms with Crippen molar-refractivity contribution < 1.29 is 14.7 Å². The normalized spacial score (nSPS) is 20.8. The Labute approximate surface area is 128 Å². The maximum atomic E-state index is 12.4. The zero-order valence-electron chi connectivity index (χ0n) is 12.1. The van der Waals surface area contributed by atoms with Gasteiger partial charge in [0.05, 0.1) is 22.3 Å². The molecule has 0 spiro atoms. The van der Waals surface area contributed by atoms with E-state index in [0.717, 1.165) is 19.4 Å². The van der Waals surface area contributed by atoms with Gasteiger partial charge in [-0.25, -0.2) is 4.79 Å². The summed E-state index contributed by atoms with van der Waals surface area (Å²) in [5.41, 5.74) is 0.388. The summed E-state index contributed by atoms with van der Waals surface area (Å²) in [5, 5.41) is 15.1. The van der Waals surface area contributed by atoms with Crippen LogP contribution in [0.1, 0.15) is 37.0 Å². The molecule has 1 saturated heterocycles. The fraction of sp³-hybridized carbons (Fsp3) is 0.467. The van der Waals surface area contributed by atoms with Crippen molar-refractivity contribution in [2.24, 2.45) is 5.41 Å². The SMILES string of the molecule is CC1(C)CCCNC1C(=O)Nc1ccc(C(=O)O)cc1Cl. The van der Waals surface area contributed by atoms with E-state index < -0.39 is 5.97 Å². The van der Waals surface area contributed by atoms with E-state index in [0.29, 0.717) is 5.69 Å². The van der Waals surface area contributed by atoms with Crippen LogP contribution in [0.25, 0.3) is 0 Å². The van der Waals surface area contributed by atoms with Gasteiger partial charge in [-0.05, 0) is 43.0 Å². The number of rotatable bonds is 3. The summed E-state index contributed by atoms with van der Waals surface area (Å²) < 4.78 is 0. The molecule has 0 aliphatic carbocycles. The molecule has 1 heterocycles. The van der Waals surface area contributed by atoms with Gasteiger partial charge in [-0.2, -0.15) is 0 Å². The van der Waals surface area contributed by atoms with Gasteiger partial charge in [0.15, 0.2) is 0 Å². The average molecular weight is 311 g/mol. The molecule has 0 aromatic heterocycles. The molecule has 1 amide bonds. The van der Waals surface area contributed by atoms with Crippen LogP contribution in [0.15, 0.2) is 18.2 Å². The van der Waals surface area contributed by atoms with E-state index in [9.17, 15) is 9.59 Å². The molecular formula is C15H19ClN2O3. The Balaban J connectivity index is 2.14. The second-order valence-corrected chi connectivity index (χ2v) is 6.38. The number of piperidine rings is 1. The topological polar surface area (TPSA) is 78.4 Å². The highest BCUT2D eigenvalue weighted by Crippen LogP contribution is 2.31. The third-order valence-electron chi connectivity index (χ3n) is 3.86. The second-order valence-electron chi connectivity index (χ2n) is 5.97. The highest BCUT2D eigenvalue weighted by atomic mass is 35.5. The van der Waals surface area contributed by atoms with Gasteiger partial charge < -0.3 is 15.7 Å². The minimum atomic E-state index is -1.05. The molecule has 0 saturated carbocycles. The molecule has 1 aromatic rings. The first-order valence-corrected chi connectivity index (χ1v) is 7.26. The maximum absolute atomic E-state index is 12.4. The first kappa shape index (κ1) is 15.8. The lowest BCUT2D eigenvalue weighted by atomic mass is 9.77. The minimum Gasteiger partial charge on any atom is -0.478 e. The number of carbonyl (C=O) groups is 2. The summed E-state index contributed by atoms with van der Waals surface area (Å²) in [5.74, 6) is -1.20. The van der Waals surface area contributed by atoms with Gasteiger partial charge in [0, 0.05) is 0 Å². The molecule has 1 atom stereocenters. The van der Waals surface area contributed by atoms with Gasteiger partial charge in [-0.1, -0.05) is 25.4 Å². The Bertz CT molecular complexity index is 572. The molecule has 1 aliphatic rings. The predicted molar refractivity (Wildman–Crippen MR) is 81.8 cm³/mol. The molecule has 21 heavy (non-hydrogen) atoms. The molecule has 1 unspecified atom stereocenters. The highest BCUT2D eigenvalue weighted by Gasteiger charge is 2.37. The molecule has 114 valence electrons. The van der Waals surface area contributed by atoms with Gasteiger partial charge in [0.25, 0.3) is 0 Å². The van der Waals surface area contributed by atoms with E-state index in [2.05, 4.69) is 24.5 Å². The lowest BCUT2D eigenvalue weighted by Crippen LogP contribution is -2.53. The van der Waals surface area contributed by atoms with Gasteiger partial charge in [0.1, 0.15) is 0 Å². The summed E-state index contributed by atoms with van der Waals surface area (Å²) >= 11 is 6.03. The van der Waals surface area contributed by atoms with Crippen molar-refractivity contribution >= 4 is 29.2 Å². The average Bonchev–Trinajstić information content (AvgIpc) is 2.40. The largest absolute Gasteiger partial charge is 0.478 e. The molecule has 3 N–H and O–H groups in total. The van der Waals surface area contributed by atoms with Crippen molar-refractivity contribution in [1.82, 2.24) is 5.32 Å². The summed E-state index contributed by atoms with van der Waals surface area (Å²) in [6.45, 7) is 4.92. The van der Waals surface area contributed by atoms with Gasteiger partial charge >= 0.3 is 5.97 Å². The first-order chi connectivity index (χ1) is 9.81. The number of hydrogen-bond acceptors (Lipinski definition) is 3. The monoisotopic (exact) mass is 310 g/mol. The first-order valence-electron chi connectivity index (χ1n) is 6.88. The number of amides is 1. The molecule has 6 heteroatoms. The lowest BCUT2D eigenvalue weighted by molar-refractivity contribution is -0.121. The van der Waals surface area contributed by atoms with Crippen LogP contribution in [0.3, 0.4) is 0 Å².